The lowest BCUT2D eigenvalue weighted by Gasteiger charge is -2.63. The summed E-state index contributed by atoms with van der Waals surface area (Å²) in [5.41, 5.74) is -3.19. The summed E-state index contributed by atoms with van der Waals surface area (Å²) in [6.45, 7) is 25.1. The molecule has 0 aromatic carbocycles. The third-order valence-corrected chi connectivity index (χ3v) is 8.38. The van der Waals surface area contributed by atoms with Crippen LogP contribution in [-0.4, -0.2) is 70.9 Å². The maximum atomic E-state index is 13.4. The van der Waals surface area contributed by atoms with Crippen molar-refractivity contribution < 1.29 is 27.2 Å². The van der Waals surface area contributed by atoms with Crippen molar-refractivity contribution in [3.63, 3.8) is 0 Å². The molecule has 1 aliphatic rings. The Labute approximate surface area is 177 Å². The first kappa shape index (κ1) is 26.2. The van der Waals surface area contributed by atoms with Crippen molar-refractivity contribution in [1.82, 2.24) is 0 Å². The highest BCUT2D eigenvalue weighted by Crippen LogP contribution is 2.51. The number of hydrogen-bond acceptors (Lipinski definition) is 6. The first-order chi connectivity index (χ1) is 12.2. The van der Waals surface area contributed by atoms with Gasteiger partial charge in [-0.25, -0.2) is 4.79 Å². The maximum absolute atomic E-state index is 13.4. The van der Waals surface area contributed by atoms with Crippen LogP contribution in [0.1, 0.15) is 20.8 Å². The molecule has 0 saturated carbocycles. The molecule has 0 aromatic rings. The normalized spacial score (nSPS) is 35.1. The van der Waals surface area contributed by atoms with Crippen LogP contribution in [0.15, 0.2) is 0 Å². The van der Waals surface area contributed by atoms with Gasteiger partial charge in [0.25, 0.3) is 0 Å². The van der Waals surface area contributed by atoms with Gasteiger partial charge in [0, 0.05) is 0 Å². The Bertz CT molecular complexity index is 582. The minimum atomic E-state index is -2.12. The standard InChI is InChI=1S/C18H42O6Si4/c1-16(22-26(4,5)6)14(13-20-25)21-15(19)17(2,23-27(7,8)9)18(16,3)24-28(10,11)12/h14H,13H2,1-12,25H3/t14-,16-,17+,18+/m1/s1. The van der Waals surface area contributed by atoms with Gasteiger partial charge in [-0.3, -0.25) is 0 Å². The summed E-state index contributed by atoms with van der Waals surface area (Å²) in [4.78, 5) is 13.4. The fourth-order valence-electron chi connectivity index (χ4n) is 4.04. The Morgan fingerprint density at radius 3 is 1.64 bits per heavy atom. The molecule has 6 nitrogen and oxygen atoms in total. The van der Waals surface area contributed by atoms with Gasteiger partial charge in [-0.2, -0.15) is 0 Å². The number of carbonyl (C=O) groups excluding carboxylic acids is 1. The monoisotopic (exact) mass is 466 g/mol. The Balaban J connectivity index is 3.77. The fraction of sp³-hybridized carbons (Fsp3) is 0.944. The zero-order valence-corrected chi connectivity index (χ0v) is 25.2. The molecule has 0 bridgehead atoms. The summed E-state index contributed by atoms with van der Waals surface area (Å²) in [5, 5.41) is 0. The topological polar surface area (TPSA) is 63.2 Å². The number of esters is 1. The predicted molar refractivity (Wildman–Crippen MR) is 124 cm³/mol. The van der Waals surface area contributed by atoms with Gasteiger partial charge in [-0.1, -0.05) is 0 Å². The third-order valence-electron chi connectivity index (χ3n) is 4.97. The van der Waals surface area contributed by atoms with Crippen molar-refractivity contribution in [2.75, 3.05) is 6.61 Å². The summed E-state index contributed by atoms with van der Waals surface area (Å²) < 4.78 is 31.6. The maximum Gasteiger partial charge on any atom is 0.340 e. The molecule has 1 fully saturated rings. The summed E-state index contributed by atoms with van der Waals surface area (Å²) in [6, 6.07) is 0. The van der Waals surface area contributed by atoms with Crippen molar-refractivity contribution in [3.05, 3.63) is 0 Å². The van der Waals surface area contributed by atoms with Crippen LogP contribution in [0.25, 0.3) is 0 Å². The van der Waals surface area contributed by atoms with E-state index in [0.29, 0.717) is 17.1 Å². The van der Waals surface area contributed by atoms with Crippen molar-refractivity contribution in [2.45, 2.75) is 103 Å². The van der Waals surface area contributed by atoms with E-state index in [9.17, 15) is 4.79 Å². The van der Waals surface area contributed by atoms with E-state index < -0.39 is 53.8 Å². The molecular weight excluding hydrogens is 425 g/mol. The Morgan fingerprint density at radius 1 is 0.857 bits per heavy atom. The Kier molecular flexibility index (Phi) is 7.51. The predicted octanol–water partition coefficient (Wildman–Crippen LogP) is 3.04. The lowest BCUT2D eigenvalue weighted by molar-refractivity contribution is -0.279. The molecule has 166 valence electrons. The second-order valence-electron chi connectivity index (χ2n) is 11.2. The van der Waals surface area contributed by atoms with E-state index >= 15 is 0 Å². The van der Waals surface area contributed by atoms with Gasteiger partial charge < -0.3 is 22.4 Å². The first-order valence-electron chi connectivity index (χ1n) is 10.0. The molecule has 0 spiro atoms. The minimum Gasteiger partial charge on any atom is -0.455 e. The van der Waals surface area contributed by atoms with Gasteiger partial charge in [0.05, 0.1) is 6.61 Å². The van der Waals surface area contributed by atoms with Crippen molar-refractivity contribution >= 4 is 41.4 Å². The smallest absolute Gasteiger partial charge is 0.340 e. The highest BCUT2D eigenvalue weighted by atomic mass is 28.4. The molecule has 1 saturated heterocycles. The van der Waals surface area contributed by atoms with E-state index in [4.69, 9.17) is 22.4 Å². The molecule has 10 heteroatoms. The minimum absolute atomic E-state index is 0.298. The van der Waals surface area contributed by atoms with E-state index in [0.717, 1.165) is 0 Å². The number of cyclic esters (lactones) is 1. The summed E-state index contributed by atoms with van der Waals surface area (Å²) in [6.07, 6.45) is -0.552. The highest BCUT2D eigenvalue weighted by molar-refractivity contribution is 6.71. The van der Waals surface area contributed by atoms with E-state index in [1.165, 1.54) is 0 Å². The quantitative estimate of drug-likeness (QED) is 0.405. The Morgan fingerprint density at radius 2 is 1.29 bits per heavy atom. The van der Waals surface area contributed by atoms with E-state index in [1.807, 2.05) is 20.8 Å². The molecule has 28 heavy (non-hydrogen) atoms. The van der Waals surface area contributed by atoms with Crippen LogP contribution in [-0.2, 0) is 27.2 Å². The molecule has 0 aromatic heterocycles. The molecule has 1 rings (SSSR count). The second-order valence-corrected chi connectivity index (χ2v) is 25.0. The van der Waals surface area contributed by atoms with Crippen LogP contribution in [0.3, 0.4) is 0 Å². The van der Waals surface area contributed by atoms with Gasteiger partial charge in [-0.15, -0.1) is 0 Å². The van der Waals surface area contributed by atoms with Crippen LogP contribution in [0, 0.1) is 0 Å². The molecule has 0 radical (unpaired) electrons. The molecule has 1 heterocycles. The van der Waals surface area contributed by atoms with Crippen LogP contribution in [0.2, 0.25) is 58.9 Å². The zero-order chi connectivity index (χ0) is 22.4. The van der Waals surface area contributed by atoms with Crippen molar-refractivity contribution in [2.24, 2.45) is 0 Å². The summed E-state index contributed by atoms with van der Waals surface area (Å²) >= 11 is 0. The summed E-state index contributed by atoms with van der Waals surface area (Å²) in [7, 11) is -5.70. The molecule has 0 amide bonds. The fourth-order valence-corrected chi connectivity index (χ4v) is 9.06. The molecule has 1 aliphatic heterocycles. The first-order valence-corrected chi connectivity index (χ1v) is 21.1. The average Bonchev–Trinajstić information content (AvgIpc) is 2.39. The van der Waals surface area contributed by atoms with E-state index in [1.54, 1.807) is 0 Å². The lowest BCUT2D eigenvalue weighted by atomic mass is 9.69. The molecule has 0 unspecified atom stereocenters. The van der Waals surface area contributed by atoms with Crippen LogP contribution >= 0.6 is 0 Å². The number of hydrogen-bond donors (Lipinski definition) is 0. The van der Waals surface area contributed by atoms with Gasteiger partial charge in [-0.05, 0) is 79.7 Å². The van der Waals surface area contributed by atoms with Crippen molar-refractivity contribution in [1.29, 1.82) is 0 Å². The van der Waals surface area contributed by atoms with Crippen LogP contribution in [0.5, 0.6) is 0 Å². The Hall–Kier alpha value is 0.178. The lowest BCUT2D eigenvalue weighted by Crippen LogP contribution is -2.81. The van der Waals surface area contributed by atoms with Gasteiger partial charge in [0.2, 0.25) is 0 Å². The van der Waals surface area contributed by atoms with Gasteiger partial charge in [0.15, 0.2) is 36.7 Å². The number of rotatable bonds is 8. The van der Waals surface area contributed by atoms with Gasteiger partial charge in [0.1, 0.15) is 21.7 Å². The van der Waals surface area contributed by atoms with Crippen LogP contribution in [0.4, 0.5) is 0 Å². The largest absolute Gasteiger partial charge is 0.455 e. The van der Waals surface area contributed by atoms with Crippen LogP contribution < -0.4 is 0 Å². The second kappa shape index (κ2) is 8.02. The zero-order valence-electron chi connectivity index (χ0n) is 20.2. The number of carbonyl (C=O) groups is 1. The third kappa shape index (κ3) is 5.45. The number of ether oxygens (including phenoxy) is 1. The van der Waals surface area contributed by atoms with E-state index in [2.05, 4.69) is 58.9 Å². The highest BCUT2D eigenvalue weighted by Gasteiger charge is 2.72. The van der Waals surface area contributed by atoms with Crippen molar-refractivity contribution in [3.8, 4) is 0 Å². The molecule has 4 atom stereocenters. The van der Waals surface area contributed by atoms with Gasteiger partial charge >= 0.3 is 5.97 Å². The molecule has 0 aliphatic carbocycles. The van der Waals surface area contributed by atoms with E-state index in [-0.39, 0.29) is 0 Å². The molecule has 0 N–H and O–H groups in total. The average molecular weight is 467 g/mol. The summed E-state index contributed by atoms with van der Waals surface area (Å²) in [5.74, 6) is -0.393. The SMILES string of the molecule is C[C@@]1(O[Si](C)(C)C)[C@@](C)(O[Si](C)(C)C)C(=O)O[C@H](CO[SiH3])[C@@]1(C)O[Si](C)(C)C. The molecular formula is C18H42O6Si4.